The van der Waals surface area contributed by atoms with Gasteiger partial charge in [-0.25, -0.2) is 14.4 Å². The number of ether oxygens (including phenoxy) is 1. The van der Waals surface area contributed by atoms with Crippen molar-refractivity contribution in [2.24, 2.45) is 0 Å². The zero-order valence-electron chi connectivity index (χ0n) is 12.5. The topological polar surface area (TPSA) is 47.0 Å². The molecular weight excluding hydrogens is 313 g/mol. The van der Waals surface area contributed by atoms with Crippen LogP contribution in [0.1, 0.15) is 25.7 Å². The number of nitrogens with one attached hydrogen (secondary N) is 1. The molecule has 6 heteroatoms. The molecule has 4 rings (SSSR count). The second kappa shape index (κ2) is 6.12. The van der Waals surface area contributed by atoms with Crippen LogP contribution in [0, 0.1) is 5.82 Å². The van der Waals surface area contributed by atoms with Gasteiger partial charge in [-0.3, -0.25) is 0 Å². The molecule has 0 radical (unpaired) electrons. The normalized spacial score (nSPS) is 15.2. The molecule has 4 nitrogen and oxygen atoms in total. The molecule has 0 saturated heterocycles. The van der Waals surface area contributed by atoms with Crippen molar-refractivity contribution in [1.82, 2.24) is 9.97 Å². The van der Waals surface area contributed by atoms with Gasteiger partial charge in [0.1, 0.15) is 28.5 Å². The molecule has 0 atom stereocenters. The van der Waals surface area contributed by atoms with Gasteiger partial charge < -0.3 is 10.1 Å². The van der Waals surface area contributed by atoms with Gasteiger partial charge in [0.15, 0.2) is 0 Å². The number of hydrogen-bond acceptors (Lipinski definition) is 5. The lowest BCUT2D eigenvalue weighted by Gasteiger charge is -2.17. The van der Waals surface area contributed by atoms with E-state index in [4.69, 9.17) is 4.74 Å². The number of halogens is 1. The molecule has 1 aromatic carbocycles. The van der Waals surface area contributed by atoms with E-state index < -0.39 is 0 Å². The fourth-order valence-corrected chi connectivity index (χ4v) is 3.63. The van der Waals surface area contributed by atoms with Crippen LogP contribution in [0.25, 0.3) is 10.2 Å². The molecule has 2 heterocycles. The number of anilines is 2. The first-order valence-corrected chi connectivity index (χ1v) is 8.59. The number of thiophene rings is 1. The zero-order chi connectivity index (χ0) is 15.6. The summed E-state index contributed by atoms with van der Waals surface area (Å²) in [6.07, 6.45) is 6.09. The predicted molar refractivity (Wildman–Crippen MR) is 90.0 cm³/mol. The van der Waals surface area contributed by atoms with Gasteiger partial charge in [-0.15, -0.1) is 11.3 Å². The van der Waals surface area contributed by atoms with E-state index in [1.54, 1.807) is 17.4 Å². The van der Waals surface area contributed by atoms with Crippen molar-refractivity contribution in [3.05, 3.63) is 41.8 Å². The Kier molecular flexibility index (Phi) is 3.83. The Balaban J connectivity index is 1.66. The lowest BCUT2D eigenvalue weighted by molar-refractivity contribution is 0.210. The van der Waals surface area contributed by atoms with E-state index in [1.165, 1.54) is 31.3 Å². The Labute approximate surface area is 137 Å². The van der Waals surface area contributed by atoms with Crippen LogP contribution in [0.4, 0.5) is 15.9 Å². The maximum Gasteiger partial charge on any atom is 0.146 e. The largest absolute Gasteiger partial charge is 0.488 e. The summed E-state index contributed by atoms with van der Waals surface area (Å²) in [5.41, 5.74) is 0.726. The summed E-state index contributed by atoms with van der Waals surface area (Å²) in [6.45, 7) is 0. The first kappa shape index (κ1) is 14.4. The van der Waals surface area contributed by atoms with Gasteiger partial charge in [-0.05, 0) is 49.3 Å². The van der Waals surface area contributed by atoms with Crippen molar-refractivity contribution in [2.45, 2.75) is 31.8 Å². The highest BCUT2D eigenvalue weighted by atomic mass is 32.1. The summed E-state index contributed by atoms with van der Waals surface area (Å²) in [4.78, 5) is 9.46. The van der Waals surface area contributed by atoms with Crippen molar-refractivity contribution in [1.29, 1.82) is 0 Å². The van der Waals surface area contributed by atoms with Crippen LogP contribution in [-0.2, 0) is 0 Å². The third-order valence-corrected chi connectivity index (χ3v) is 4.88. The van der Waals surface area contributed by atoms with E-state index in [0.29, 0.717) is 11.6 Å². The van der Waals surface area contributed by atoms with E-state index in [2.05, 4.69) is 15.3 Å². The van der Waals surface area contributed by atoms with Gasteiger partial charge in [-0.1, -0.05) is 0 Å². The molecule has 2 aromatic heterocycles. The molecule has 1 aliphatic rings. The molecule has 1 N–H and O–H groups in total. The number of fused-ring (bicyclic) bond motifs is 1. The highest BCUT2D eigenvalue weighted by Crippen LogP contribution is 2.34. The van der Waals surface area contributed by atoms with Crippen molar-refractivity contribution in [3.63, 3.8) is 0 Å². The van der Waals surface area contributed by atoms with E-state index in [-0.39, 0.29) is 11.9 Å². The molecule has 1 fully saturated rings. The van der Waals surface area contributed by atoms with Crippen LogP contribution in [0.3, 0.4) is 0 Å². The monoisotopic (exact) mass is 329 g/mol. The molecule has 3 aromatic rings. The molecular formula is C17H16FN3OS. The summed E-state index contributed by atoms with van der Waals surface area (Å²) in [5.74, 6) is 0.949. The van der Waals surface area contributed by atoms with E-state index in [1.807, 2.05) is 11.4 Å². The lowest BCUT2D eigenvalue weighted by atomic mass is 10.2. The fraction of sp³-hybridized carbons (Fsp3) is 0.294. The summed E-state index contributed by atoms with van der Waals surface area (Å²) >= 11 is 1.56. The highest BCUT2D eigenvalue weighted by Gasteiger charge is 2.19. The standard InChI is InChI=1S/C17H16FN3OS/c18-11-5-6-14(15(9-11)22-12-3-1-2-4-12)21-16-13-7-8-23-17(13)20-10-19-16/h5-10,12H,1-4H2,(H,19,20,21). The average molecular weight is 329 g/mol. The Morgan fingerprint density at radius 2 is 2.04 bits per heavy atom. The van der Waals surface area contributed by atoms with Crippen molar-refractivity contribution < 1.29 is 9.13 Å². The molecule has 0 amide bonds. The minimum Gasteiger partial charge on any atom is -0.488 e. The minimum atomic E-state index is -0.299. The summed E-state index contributed by atoms with van der Waals surface area (Å²) in [5, 5.41) is 6.20. The van der Waals surface area contributed by atoms with Crippen molar-refractivity contribution in [2.75, 3.05) is 5.32 Å². The third kappa shape index (κ3) is 2.99. The van der Waals surface area contributed by atoms with E-state index in [0.717, 1.165) is 28.7 Å². The van der Waals surface area contributed by atoms with Gasteiger partial charge in [-0.2, -0.15) is 0 Å². The fourth-order valence-electron chi connectivity index (χ4n) is 2.90. The first-order chi connectivity index (χ1) is 11.3. The van der Waals surface area contributed by atoms with Gasteiger partial charge in [0.2, 0.25) is 0 Å². The Hall–Kier alpha value is -2.21. The molecule has 0 aliphatic heterocycles. The molecule has 0 unspecified atom stereocenters. The van der Waals surface area contributed by atoms with Crippen molar-refractivity contribution in [3.8, 4) is 5.75 Å². The maximum atomic E-state index is 13.6. The Morgan fingerprint density at radius 3 is 2.91 bits per heavy atom. The van der Waals surface area contributed by atoms with Gasteiger partial charge in [0.25, 0.3) is 0 Å². The summed E-state index contributed by atoms with van der Waals surface area (Å²) in [6, 6.07) is 6.53. The van der Waals surface area contributed by atoms with Gasteiger partial charge >= 0.3 is 0 Å². The lowest BCUT2D eigenvalue weighted by Crippen LogP contribution is -2.12. The van der Waals surface area contributed by atoms with Crippen LogP contribution >= 0.6 is 11.3 Å². The van der Waals surface area contributed by atoms with Crippen molar-refractivity contribution >= 4 is 33.1 Å². The molecule has 118 valence electrons. The highest BCUT2D eigenvalue weighted by molar-refractivity contribution is 7.16. The third-order valence-electron chi connectivity index (χ3n) is 4.05. The van der Waals surface area contributed by atoms with Gasteiger partial charge in [0, 0.05) is 6.07 Å². The number of rotatable bonds is 4. The second-order valence-electron chi connectivity index (χ2n) is 5.65. The first-order valence-electron chi connectivity index (χ1n) is 7.71. The SMILES string of the molecule is Fc1ccc(Nc2ncnc3sccc23)c(OC2CCCC2)c1. The number of hydrogen-bond donors (Lipinski definition) is 1. The average Bonchev–Trinajstić information content (AvgIpc) is 3.21. The second-order valence-corrected chi connectivity index (χ2v) is 6.55. The van der Waals surface area contributed by atoms with E-state index in [9.17, 15) is 4.39 Å². The number of nitrogens with zero attached hydrogens (tertiary/aromatic N) is 2. The van der Waals surface area contributed by atoms with Gasteiger partial charge in [0.05, 0.1) is 17.2 Å². The Bertz CT molecular complexity index is 830. The number of benzene rings is 1. The quantitative estimate of drug-likeness (QED) is 0.740. The predicted octanol–water partition coefficient (Wildman–Crippen LogP) is 4.90. The molecule has 1 saturated carbocycles. The van der Waals surface area contributed by atoms with Crippen LogP contribution in [0.15, 0.2) is 36.0 Å². The zero-order valence-corrected chi connectivity index (χ0v) is 13.3. The molecule has 1 aliphatic carbocycles. The smallest absolute Gasteiger partial charge is 0.146 e. The maximum absolute atomic E-state index is 13.6. The van der Waals surface area contributed by atoms with E-state index >= 15 is 0 Å². The molecule has 0 spiro atoms. The van der Waals surface area contributed by atoms with Crippen LogP contribution in [-0.4, -0.2) is 16.1 Å². The van der Waals surface area contributed by atoms with Crippen LogP contribution in [0.5, 0.6) is 5.75 Å². The summed E-state index contributed by atoms with van der Waals surface area (Å²) < 4.78 is 19.6. The number of aromatic nitrogens is 2. The summed E-state index contributed by atoms with van der Waals surface area (Å²) in [7, 11) is 0. The van der Waals surface area contributed by atoms with Crippen LogP contribution in [0.2, 0.25) is 0 Å². The molecule has 23 heavy (non-hydrogen) atoms. The molecule has 0 bridgehead atoms. The van der Waals surface area contributed by atoms with Crippen LogP contribution < -0.4 is 10.1 Å². The minimum absolute atomic E-state index is 0.170. The Morgan fingerprint density at radius 1 is 1.17 bits per heavy atom.